The molecule has 2 N–H and O–H groups in total. The Hall–Kier alpha value is -3.48. The molecule has 0 aliphatic carbocycles. The van der Waals surface area contributed by atoms with E-state index in [9.17, 15) is 14.4 Å². The van der Waals surface area contributed by atoms with Crippen LogP contribution in [-0.4, -0.2) is 34.0 Å². The van der Waals surface area contributed by atoms with Crippen LogP contribution in [0, 0.1) is 6.92 Å². The van der Waals surface area contributed by atoms with Gasteiger partial charge in [-0.15, -0.1) is 0 Å². The highest BCUT2D eigenvalue weighted by Gasteiger charge is 2.22. The third-order valence-corrected chi connectivity index (χ3v) is 5.08. The van der Waals surface area contributed by atoms with Gasteiger partial charge in [0.15, 0.2) is 0 Å². The highest BCUT2D eigenvalue weighted by molar-refractivity contribution is 5.88. The maximum absolute atomic E-state index is 12.9. The standard InChI is InChI=1S/C24H28N4O3/c1-3-4-14-25-23(30)20(15-18-10-6-5-7-11-18)27-22(29)16-28-21-13-9-8-12-19(21)26-17(2)24(28)31/h5-13,20H,3-4,14-16H2,1-2H3,(H,25,30)(H,27,29)/t20-/m0/s1. The molecule has 1 aromatic heterocycles. The number of aromatic nitrogens is 2. The maximum atomic E-state index is 12.9. The molecule has 0 unspecified atom stereocenters. The third kappa shape index (κ3) is 5.78. The van der Waals surface area contributed by atoms with E-state index in [-0.39, 0.29) is 18.0 Å². The fraction of sp³-hybridized carbons (Fsp3) is 0.333. The fourth-order valence-electron chi connectivity index (χ4n) is 3.43. The normalized spacial score (nSPS) is 11.8. The summed E-state index contributed by atoms with van der Waals surface area (Å²) in [5.74, 6) is -0.627. The zero-order valence-corrected chi connectivity index (χ0v) is 17.9. The van der Waals surface area contributed by atoms with Crippen molar-refractivity contribution in [2.24, 2.45) is 0 Å². The number of hydrogen-bond acceptors (Lipinski definition) is 4. The predicted molar refractivity (Wildman–Crippen MR) is 121 cm³/mol. The van der Waals surface area contributed by atoms with Gasteiger partial charge in [-0.25, -0.2) is 4.98 Å². The summed E-state index contributed by atoms with van der Waals surface area (Å²) >= 11 is 0. The van der Waals surface area contributed by atoms with E-state index in [2.05, 4.69) is 15.6 Å². The number of carbonyl (C=O) groups is 2. The second kappa shape index (κ2) is 10.5. The minimum Gasteiger partial charge on any atom is -0.354 e. The van der Waals surface area contributed by atoms with E-state index in [1.54, 1.807) is 25.1 Å². The Bertz CT molecular complexity index is 1110. The molecule has 7 heteroatoms. The number of hydrogen-bond donors (Lipinski definition) is 2. The van der Waals surface area contributed by atoms with E-state index in [0.717, 1.165) is 18.4 Å². The van der Waals surface area contributed by atoms with Gasteiger partial charge in [0.1, 0.15) is 18.3 Å². The average Bonchev–Trinajstić information content (AvgIpc) is 2.77. The number of benzene rings is 2. The lowest BCUT2D eigenvalue weighted by Crippen LogP contribution is -2.49. The maximum Gasteiger partial charge on any atom is 0.272 e. The van der Waals surface area contributed by atoms with Gasteiger partial charge in [0, 0.05) is 13.0 Å². The highest BCUT2D eigenvalue weighted by Crippen LogP contribution is 2.10. The van der Waals surface area contributed by atoms with Crippen LogP contribution in [0.2, 0.25) is 0 Å². The minimum atomic E-state index is -0.725. The van der Waals surface area contributed by atoms with Crippen molar-refractivity contribution in [1.29, 1.82) is 0 Å². The molecule has 3 rings (SSSR count). The molecule has 0 saturated carbocycles. The second-order valence-corrected chi connectivity index (χ2v) is 7.53. The van der Waals surface area contributed by atoms with E-state index >= 15 is 0 Å². The molecule has 0 spiro atoms. The molecule has 1 atom stereocenters. The molecule has 0 aliphatic rings. The molecular weight excluding hydrogens is 392 g/mol. The summed E-state index contributed by atoms with van der Waals surface area (Å²) in [4.78, 5) is 42.6. The minimum absolute atomic E-state index is 0.184. The number of para-hydroxylation sites is 2. The van der Waals surface area contributed by atoms with E-state index < -0.39 is 11.9 Å². The first-order valence-electron chi connectivity index (χ1n) is 10.6. The second-order valence-electron chi connectivity index (χ2n) is 7.53. The molecule has 7 nitrogen and oxygen atoms in total. The number of rotatable bonds is 9. The summed E-state index contributed by atoms with van der Waals surface area (Å²) in [5.41, 5.74) is 2.18. The molecular formula is C24H28N4O3. The summed E-state index contributed by atoms with van der Waals surface area (Å²) in [6.07, 6.45) is 2.21. The van der Waals surface area contributed by atoms with Crippen LogP contribution in [0.3, 0.4) is 0 Å². The van der Waals surface area contributed by atoms with Crippen molar-refractivity contribution in [2.45, 2.75) is 45.7 Å². The molecule has 0 fully saturated rings. The fourth-order valence-corrected chi connectivity index (χ4v) is 3.43. The van der Waals surface area contributed by atoms with Gasteiger partial charge in [0.2, 0.25) is 11.8 Å². The van der Waals surface area contributed by atoms with Gasteiger partial charge in [0.05, 0.1) is 11.0 Å². The van der Waals surface area contributed by atoms with Crippen molar-refractivity contribution in [1.82, 2.24) is 20.2 Å². The van der Waals surface area contributed by atoms with Gasteiger partial charge in [0.25, 0.3) is 5.56 Å². The van der Waals surface area contributed by atoms with Crippen LogP contribution >= 0.6 is 0 Å². The average molecular weight is 421 g/mol. The van der Waals surface area contributed by atoms with Crippen molar-refractivity contribution in [3.63, 3.8) is 0 Å². The Morgan fingerprint density at radius 3 is 2.52 bits per heavy atom. The van der Waals surface area contributed by atoms with E-state index in [0.29, 0.717) is 29.7 Å². The largest absolute Gasteiger partial charge is 0.354 e. The summed E-state index contributed by atoms with van der Waals surface area (Å²) in [6.45, 7) is 4.05. The Labute approximate surface area is 181 Å². The SMILES string of the molecule is CCCCNC(=O)[C@H](Cc1ccccc1)NC(=O)Cn1c(=O)c(C)nc2ccccc21. The molecule has 2 amide bonds. The first kappa shape index (κ1) is 22.2. The molecule has 31 heavy (non-hydrogen) atoms. The number of fused-ring (bicyclic) bond motifs is 1. The number of amides is 2. The van der Waals surface area contributed by atoms with E-state index in [4.69, 9.17) is 0 Å². The number of aryl methyl sites for hydroxylation is 1. The predicted octanol–water partition coefficient (Wildman–Crippen LogP) is 2.35. The van der Waals surface area contributed by atoms with Crippen molar-refractivity contribution < 1.29 is 9.59 Å². The van der Waals surface area contributed by atoms with Crippen LogP contribution in [0.15, 0.2) is 59.4 Å². The third-order valence-electron chi connectivity index (χ3n) is 5.08. The lowest BCUT2D eigenvalue weighted by Gasteiger charge is -2.19. The van der Waals surface area contributed by atoms with Crippen LogP contribution in [-0.2, 0) is 22.6 Å². The van der Waals surface area contributed by atoms with E-state index in [1.165, 1.54) is 4.57 Å². The quantitative estimate of drug-likeness (QED) is 0.520. The van der Waals surface area contributed by atoms with Gasteiger partial charge in [-0.05, 0) is 31.0 Å². The summed E-state index contributed by atoms with van der Waals surface area (Å²) < 4.78 is 1.40. The van der Waals surface area contributed by atoms with E-state index in [1.807, 2.05) is 43.3 Å². The molecule has 0 radical (unpaired) electrons. The molecule has 1 heterocycles. The van der Waals surface area contributed by atoms with Gasteiger partial charge < -0.3 is 10.6 Å². The molecule has 0 bridgehead atoms. The summed E-state index contributed by atoms with van der Waals surface area (Å²) in [5, 5.41) is 5.71. The van der Waals surface area contributed by atoms with Gasteiger partial charge >= 0.3 is 0 Å². The Kier molecular flexibility index (Phi) is 7.54. The molecule has 162 valence electrons. The van der Waals surface area contributed by atoms with Crippen molar-refractivity contribution >= 4 is 22.8 Å². The zero-order chi connectivity index (χ0) is 22.2. The van der Waals surface area contributed by atoms with Crippen molar-refractivity contribution in [2.75, 3.05) is 6.54 Å². The first-order valence-corrected chi connectivity index (χ1v) is 10.6. The molecule has 2 aromatic carbocycles. The van der Waals surface area contributed by atoms with Crippen LogP contribution in [0.4, 0.5) is 0 Å². The lowest BCUT2D eigenvalue weighted by atomic mass is 10.1. The summed E-state index contributed by atoms with van der Waals surface area (Å²) in [7, 11) is 0. The van der Waals surface area contributed by atoms with Crippen molar-refractivity contribution in [3.05, 3.63) is 76.2 Å². The summed E-state index contributed by atoms with van der Waals surface area (Å²) in [6, 6.07) is 16.0. The molecule has 0 saturated heterocycles. The Balaban J connectivity index is 1.80. The highest BCUT2D eigenvalue weighted by atomic mass is 16.2. The van der Waals surface area contributed by atoms with Gasteiger partial charge in [-0.3, -0.25) is 19.0 Å². The Morgan fingerprint density at radius 2 is 1.77 bits per heavy atom. The van der Waals surface area contributed by atoms with Gasteiger partial charge in [-0.2, -0.15) is 0 Å². The number of unbranched alkanes of at least 4 members (excludes halogenated alkanes) is 1. The van der Waals surface area contributed by atoms with Crippen LogP contribution in [0.5, 0.6) is 0 Å². The van der Waals surface area contributed by atoms with Crippen LogP contribution in [0.25, 0.3) is 11.0 Å². The molecule has 3 aromatic rings. The Morgan fingerprint density at radius 1 is 1.06 bits per heavy atom. The lowest BCUT2D eigenvalue weighted by molar-refractivity contribution is -0.129. The van der Waals surface area contributed by atoms with Crippen molar-refractivity contribution in [3.8, 4) is 0 Å². The number of nitrogens with zero attached hydrogens (tertiary/aromatic N) is 2. The van der Waals surface area contributed by atoms with Crippen LogP contribution in [0.1, 0.15) is 31.0 Å². The molecule has 0 aliphatic heterocycles. The monoisotopic (exact) mass is 420 g/mol. The smallest absolute Gasteiger partial charge is 0.272 e. The topological polar surface area (TPSA) is 93.1 Å². The van der Waals surface area contributed by atoms with Crippen LogP contribution < -0.4 is 16.2 Å². The zero-order valence-electron chi connectivity index (χ0n) is 17.9. The van der Waals surface area contributed by atoms with Gasteiger partial charge in [-0.1, -0.05) is 55.8 Å². The first-order chi connectivity index (χ1) is 15.0. The number of nitrogens with one attached hydrogen (secondary N) is 2. The number of carbonyl (C=O) groups excluding carboxylic acids is 2.